The highest BCUT2D eigenvalue weighted by Gasteiger charge is 2.44. The minimum atomic E-state index is -3.85. The standard InChI is InChI=1S/C16H20Cl2N2O6S/c17-16(18)13-11-12(1-2-14(13)19-15(16)21)27(22,23)20-3-5-24-7-9-26-10-8-25-6-4-20/h1-2,11H,3-10H2,(H,19,21). The zero-order valence-corrected chi connectivity index (χ0v) is 16.8. The van der Waals surface area contributed by atoms with Gasteiger partial charge in [-0.3, -0.25) is 4.79 Å². The van der Waals surface area contributed by atoms with Crippen LogP contribution in [0.4, 0.5) is 5.69 Å². The van der Waals surface area contributed by atoms with Gasteiger partial charge in [0.1, 0.15) is 0 Å². The SMILES string of the molecule is O=C1Nc2ccc(S(=O)(=O)N3CCOCCOCCOCC3)cc2C1(Cl)Cl. The van der Waals surface area contributed by atoms with Crippen molar-refractivity contribution in [3.8, 4) is 0 Å². The Labute approximate surface area is 167 Å². The maximum absolute atomic E-state index is 13.1. The van der Waals surface area contributed by atoms with Crippen molar-refractivity contribution in [2.45, 2.75) is 9.23 Å². The molecule has 1 fully saturated rings. The van der Waals surface area contributed by atoms with Gasteiger partial charge < -0.3 is 19.5 Å². The van der Waals surface area contributed by atoms with Crippen molar-refractivity contribution in [3.63, 3.8) is 0 Å². The average Bonchev–Trinajstić information content (AvgIpc) is 2.84. The van der Waals surface area contributed by atoms with Crippen LogP contribution in [-0.2, 0) is 33.4 Å². The van der Waals surface area contributed by atoms with E-state index in [1.807, 2.05) is 0 Å². The number of nitrogens with one attached hydrogen (secondary N) is 1. The number of amides is 1. The molecular formula is C16H20Cl2N2O6S. The minimum absolute atomic E-state index is 0.00106. The number of sulfonamides is 1. The summed E-state index contributed by atoms with van der Waals surface area (Å²) in [6.45, 7) is 2.37. The Morgan fingerprint density at radius 3 is 2.11 bits per heavy atom. The summed E-state index contributed by atoms with van der Waals surface area (Å²) in [5.41, 5.74) is 0.611. The first kappa shape index (κ1) is 20.8. The molecule has 0 aromatic heterocycles. The van der Waals surface area contributed by atoms with E-state index in [4.69, 9.17) is 37.4 Å². The van der Waals surface area contributed by atoms with Gasteiger partial charge >= 0.3 is 0 Å². The monoisotopic (exact) mass is 438 g/mol. The summed E-state index contributed by atoms with van der Waals surface area (Å²) in [5.74, 6) is -0.606. The fraction of sp³-hybridized carbons (Fsp3) is 0.562. The van der Waals surface area contributed by atoms with Gasteiger partial charge in [0.15, 0.2) is 0 Å². The number of anilines is 1. The predicted molar refractivity (Wildman–Crippen MR) is 99.7 cm³/mol. The lowest BCUT2D eigenvalue weighted by atomic mass is 10.1. The summed E-state index contributed by atoms with van der Waals surface area (Å²) in [6.07, 6.45) is 0. The highest BCUT2D eigenvalue weighted by molar-refractivity contribution is 7.89. The van der Waals surface area contributed by atoms with E-state index in [0.29, 0.717) is 32.1 Å². The Bertz CT molecular complexity index is 790. The van der Waals surface area contributed by atoms with Crippen molar-refractivity contribution >= 4 is 44.8 Å². The molecule has 0 saturated carbocycles. The molecule has 0 unspecified atom stereocenters. The number of carbonyl (C=O) groups excluding carboxylic acids is 1. The Balaban J connectivity index is 1.83. The summed E-state index contributed by atoms with van der Waals surface area (Å²) >= 11 is 12.1. The molecule has 3 rings (SSSR count). The van der Waals surface area contributed by atoms with Crippen LogP contribution in [-0.4, -0.2) is 71.4 Å². The Hall–Kier alpha value is -0.940. The highest BCUT2D eigenvalue weighted by atomic mass is 35.5. The molecule has 2 aliphatic rings. The third kappa shape index (κ3) is 4.56. The van der Waals surface area contributed by atoms with Gasteiger partial charge in [-0.05, 0) is 18.2 Å². The first-order valence-corrected chi connectivity index (χ1v) is 10.6. The van der Waals surface area contributed by atoms with Crippen molar-refractivity contribution in [1.29, 1.82) is 0 Å². The van der Waals surface area contributed by atoms with E-state index in [2.05, 4.69) is 5.32 Å². The van der Waals surface area contributed by atoms with E-state index < -0.39 is 20.3 Å². The molecule has 1 N–H and O–H groups in total. The summed E-state index contributed by atoms with van der Waals surface area (Å²) < 4.78 is 41.8. The molecule has 0 atom stereocenters. The van der Waals surface area contributed by atoms with Crippen LogP contribution < -0.4 is 5.32 Å². The largest absolute Gasteiger partial charge is 0.378 e. The van der Waals surface area contributed by atoms with E-state index >= 15 is 0 Å². The van der Waals surface area contributed by atoms with E-state index in [-0.39, 0.29) is 36.8 Å². The zero-order chi connectivity index (χ0) is 19.5. The number of rotatable bonds is 2. The van der Waals surface area contributed by atoms with E-state index in [0.717, 1.165) is 0 Å². The van der Waals surface area contributed by atoms with Gasteiger partial charge in [-0.2, -0.15) is 4.31 Å². The third-order valence-electron chi connectivity index (χ3n) is 4.21. The number of hydrogen-bond donors (Lipinski definition) is 1. The van der Waals surface area contributed by atoms with Crippen molar-refractivity contribution in [2.75, 3.05) is 58.0 Å². The molecule has 0 bridgehead atoms. The number of nitrogens with zero attached hydrogens (tertiary/aromatic N) is 1. The minimum Gasteiger partial charge on any atom is -0.378 e. The first-order chi connectivity index (χ1) is 12.8. The second kappa shape index (κ2) is 8.60. The molecule has 1 saturated heterocycles. The topological polar surface area (TPSA) is 94.2 Å². The number of ether oxygens (including phenoxy) is 3. The van der Waals surface area contributed by atoms with Crippen LogP contribution in [0.15, 0.2) is 23.1 Å². The van der Waals surface area contributed by atoms with Crippen molar-refractivity contribution < 1.29 is 27.4 Å². The number of hydrogen-bond acceptors (Lipinski definition) is 6. The molecule has 11 heteroatoms. The van der Waals surface area contributed by atoms with E-state index in [1.54, 1.807) is 0 Å². The molecule has 1 aromatic rings. The van der Waals surface area contributed by atoms with Crippen molar-refractivity contribution in [2.24, 2.45) is 0 Å². The summed E-state index contributed by atoms with van der Waals surface area (Å²) in [4.78, 5) is 11.9. The fourth-order valence-electron chi connectivity index (χ4n) is 2.75. The maximum Gasteiger partial charge on any atom is 0.265 e. The number of halogens is 2. The molecule has 1 amide bonds. The molecule has 27 heavy (non-hydrogen) atoms. The third-order valence-corrected chi connectivity index (χ3v) is 6.86. The van der Waals surface area contributed by atoms with Gasteiger partial charge in [0.25, 0.3) is 5.91 Å². The van der Waals surface area contributed by atoms with Gasteiger partial charge in [-0.25, -0.2) is 8.42 Å². The van der Waals surface area contributed by atoms with Gasteiger partial charge in [-0.1, -0.05) is 23.2 Å². The number of benzene rings is 1. The summed E-state index contributed by atoms with van der Waals surface area (Å²) in [5, 5.41) is 2.53. The molecule has 0 radical (unpaired) electrons. The summed E-state index contributed by atoms with van der Waals surface area (Å²) in [7, 11) is -3.85. The predicted octanol–water partition coefficient (Wildman–Crippen LogP) is 1.32. The lowest BCUT2D eigenvalue weighted by molar-refractivity contribution is -0.116. The molecule has 2 aliphatic heterocycles. The van der Waals surface area contributed by atoms with Crippen LogP contribution in [0.3, 0.4) is 0 Å². The highest BCUT2D eigenvalue weighted by Crippen LogP contribution is 2.45. The second-order valence-electron chi connectivity index (χ2n) is 5.98. The van der Waals surface area contributed by atoms with Crippen molar-refractivity contribution in [1.82, 2.24) is 4.31 Å². The molecular weight excluding hydrogens is 419 g/mol. The Kier molecular flexibility index (Phi) is 6.62. The van der Waals surface area contributed by atoms with E-state index in [9.17, 15) is 13.2 Å². The second-order valence-corrected chi connectivity index (χ2v) is 9.24. The lowest BCUT2D eigenvalue weighted by Crippen LogP contribution is -2.37. The van der Waals surface area contributed by atoms with Crippen LogP contribution >= 0.6 is 23.2 Å². The van der Waals surface area contributed by atoms with Gasteiger partial charge in [-0.15, -0.1) is 0 Å². The zero-order valence-electron chi connectivity index (χ0n) is 14.4. The van der Waals surface area contributed by atoms with Crippen molar-refractivity contribution in [3.05, 3.63) is 23.8 Å². The molecule has 8 nitrogen and oxygen atoms in total. The van der Waals surface area contributed by atoms with Crippen LogP contribution in [0.25, 0.3) is 0 Å². The molecule has 2 heterocycles. The number of carbonyl (C=O) groups is 1. The number of fused-ring (bicyclic) bond motifs is 1. The van der Waals surface area contributed by atoms with Crippen LogP contribution in [0.1, 0.15) is 5.56 Å². The number of alkyl halides is 2. The summed E-state index contributed by atoms with van der Waals surface area (Å²) in [6, 6.07) is 4.22. The van der Waals surface area contributed by atoms with Gasteiger partial charge in [0.2, 0.25) is 14.4 Å². The average molecular weight is 439 g/mol. The molecule has 0 aliphatic carbocycles. The first-order valence-electron chi connectivity index (χ1n) is 8.40. The Morgan fingerprint density at radius 2 is 1.52 bits per heavy atom. The molecule has 0 spiro atoms. The lowest BCUT2D eigenvalue weighted by Gasteiger charge is -2.23. The van der Waals surface area contributed by atoms with Gasteiger partial charge in [0, 0.05) is 24.3 Å². The molecule has 150 valence electrons. The Morgan fingerprint density at radius 1 is 0.963 bits per heavy atom. The smallest absolute Gasteiger partial charge is 0.265 e. The van der Waals surface area contributed by atoms with Crippen LogP contribution in [0.2, 0.25) is 0 Å². The van der Waals surface area contributed by atoms with Gasteiger partial charge in [0.05, 0.1) is 44.5 Å². The van der Waals surface area contributed by atoms with Crippen LogP contribution in [0.5, 0.6) is 0 Å². The molecule has 1 aromatic carbocycles. The fourth-order valence-corrected chi connectivity index (χ4v) is 4.59. The normalized spacial score (nSPS) is 22.4. The quantitative estimate of drug-likeness (QED) is 0.699. The maximum atomic E-state index is 13.1. The van der Waals surface area contributed by atoms with Crippen LogP contribution in [0, 0.1) is 0 Å². The van der Waals surface area contributed by atoms with E-state index in [1.165, 1.54) is 22.5 Å².